The second-order valence-electron chi connectivity index (χ2n) is 9.39. The van der Waals surface area contributed by atoms with E-state index in [-0.39, 0.29) is 0 Å². The van der Waals surface area contributed by atoms with E-state index in [9.17, 15) is 5.11 Å². The monoisotopic (exact) mass is 445 g/mol. The minimum atomic E-state index is -0.835. The average molecular weight is 446 g/mol. The van der Waals surface area contributed by atoms with E-state index >= 15 is 0 Å². The Hall–Kier alpha value is -1.67. The second kappa shape index (κ2) is 13.1. The summed E-state index contributed by atoms with van der Waals surface area (Å²) in [5.41, 5.74) is 1.81. The van der Waals surface area contributed by atoms with Gasteiger partial charge in [0.25, 0.3) is 0 Å². The van der Waals surface area contributed by atoms with Crippen LogP contribution >= 0.6 is 0 Å². The third-order valence-corrected chi connectivity index (χ3v) is 6.27. The van der Waals surface area contributed by atoms with Crippen LogP contribution in [0.1, 0.15) is 50.7 Å². The number of hydrogen-bond acceptors (Lipinski definition) is 5. The molecular formula is C25H43N5O2. The number of rotatable bonds is 9. The molecule has 0 aliphatic carbocycles. The van der Waals surface area contributed by atoms with Gasteiger partial charge in [0.05, 0.1) is 25.4 Å². The molecule has 0 saturated carbocycles. The molecule has 2 aliphatic rings. The van der Waals surface area contributed by atoms with Crippen molar-refractivity contribution in [2.75, 3.05) is 59.0 Å². The van der Waals surface area contributed by atoms with Crippen LogP contribution in [0.15, 0.2) is 29.3 Å². The predicted octanol–water partition coefficient (Wildman–Crippen LogP) is 2.20. The van der Waals surface area contributed by atoms with Gasteiger partial charge in [-0.15, -0.1) is 0 Å². The normalized spacial score (nSPS) is 21.0. The molecule has 1 aromatic carbocycles. The largest absolute Gasteiger partial charge is 0.387 e. The fraction of sp³-hybridized carbons (Fsp3) is 0.720. The van der Waals surface area contributed by atoms with Crippen LogP contribution in [0.3, 0.4) is 0 Å². The lowest BCUT2D eigenvalue weighted by molar-refractivity contribution is -0.0201. The lowest BCUT2D eigenvalue weighted by Crippen LogP contribution is -2.52. The number of hydrogen-bond donors (Lipinski definition) is 3. The highest BCUT2D eigenvalue weighted by atomic mass is 16.5. The zero-order valence-corrected chi connectivity index (χ0v) is 20.1. The van der Waals surface area contributed by atoms with Gasteiger partial charge in [0.1, 0.15) is 0 Å². The highest BCUT2D eigenvalue weighted by Gasteiger charge is 2.25. The Bertz CT molecular complexity index is 695. The third kappa shape index (κ3) is 8.70. The first-order valence-corrected chi connectivity index (χ1v) is 12.4. The van der Waals surface area contributed by atoms with Crippen molar-refractivity contribution in [1.82, 2.24) is 20.4 Å². The maximum atomic E-state index is 10.9. The summed E-state index contributed by atoms with van der Waals surface area (Å²) in [7, 11) is 0. The molecule has 7 nitrogen and oxygen atoms in total. The molecule has 0 spiro atoms. The Balaban J connectivity index is 1.57. The van der Waals surface area contributed by atoms with Crippen molar-refractivity contribution in [3.8, 4) is 0 Å². The van der Waals surface area contributed by atoms with E-state index in [2.05, 4.69) is 51.6 Å². The molecule has 180 valence electrons. The number of β-amino-alcohol motifs (C(OH)–C–C–N with tert-alkyl or cyclic N) is 1. The van der Waals surface area contributed by atoms with Gasteiger partial charge in [0.2, 0.25) is 0 Å². The Morgan fingerprint density at radius 3 is 2.38 bits per heavy atom. The smallest absolute Gasteiger partial charge is 0.191 e. The minimum Gasteiger partial charge on any atom is -0.387 e. The van der Waals surface area contributed by atoms with E-state index in [4.69, 9.17) is 9.73 Å². The van der Waals surface area contributed by atoms with Crippen LogP contribution in [-0.4, -0.2) is 85.5 Å². The summed E-state index contributed by atoms with van der Waals surface area (Å²) in [4.78, 5) is 9.68. The summed E-state index contributed by atoms with van der Waals surface area (Å²) in [6, 6.07) is 8.66. The van der Waals surface area contributed by atoms with Gasteiger partial charge in [-0.1, -0.05) is 37.1 Å². The minimum absolute atomic E-state index is 0.450. The Morgan fingerprint density at radius 2 is 1.69 bits per heavy atom. The van der Waals surface area contributed by atoms with E-state index in [0.717, 1.165) is 45.4 Å². The molecule has 0 amide bonds. The summed E-state index contributed by atoms with van der Waals surface area (Å²) in [6.45, 7) is 13.1. The standard InChI is InChI=1S/C25H43N5O2/c1-3-26-24(28-20-25(2,31)21-30-14-16-32-17-15-30)27-18-22-10-6-7-11-23(22)19-29-12-8-4-5-9-13-29/h6-7,10-11,31H,3-5,8-9,12-21H2,1-2H3,(H2,26,27,28). The van der Waals surface area contributed by atoms with Gasteiger partial charge in [-0.3, -0.25) is 9.80 Å². The summed E-state index contributed by atoms with van der Waals surface area (Å²) >= 11 is 0. The number of benzene rings is 1. The van der Waals surface area contributed by atoms with Crippen molar-refractivity contribution in [2.24, 2.45) is 4.99 Å². The third-order valence-electron chi connectivity index (χ3n) is 6.27. The number of nitrogens with zero attached hydrogens (tertiary/aromatic N) is 3. The van der Waals surface area contributed by atoms with Gasteiger partial charge in [0.15, 0.2) is 5.96 Å². The molecule has 2 heterocycles. The number of morpholine rings is 1. The first-order chi connectivity index (χ1) is 15.6. The quantitative estimate of drug-likeness (QED) is 0.400. The maximum Gasteiger partial charge on any atom is 0.191 e. The van der Waals surface area contributed by atoms with Gasteiger partial charge in [-0.05, 0) is 50.9 Å². The molecule has 3 N–H and O–H groups in total. The molecule has 1 aromatic rings. The van der Waals surface area contributed by atoms with E-state index in [1.165, 1.54) is 49.9 Å². The van der Waals surface area contributed by atoms with Crippen LogP contribution in [0, 0.1) is 0 Å². The topological polar surface area (TPSA) is 72.4 Å². The van der Waals surface area contributed by atoms with Gasteiger partial charge in [-0.2, -0.15) is 0 Å². The van der Waals surface area contributed by atoms with Gasteiger partial charge in [0, 0.05) is 39.3 Å². The fourth-order valence-corrected chi connectivity index (χ4v) is 4.48. The molecular weight excluding hydrogens is 402 g/mol. The van der Waals surface area contributed by atoms with Crippen molar-refractivity contribution in [1.29, 1.82) is 0 Å². The number of ether oxygens (including phenoxy) is 1. The number of likely N-dealkylation sites (tertiary alicyclic amines) is 1. The average Bonchev–Trinajstić information content (AvgIpc) is 3.06. The first-order valence-electron chi connectivity index (χ1n) is 12.4. The fourth-order valence-electron chi connectivity index (χ4n) is 4.48. The molecule has 32 heavy (non-hydrogen) atoms. The van der Waals surface area contributed by atoms with Crippen LogP contribution in [-0.2, 0) is 17.8 Å². The summed E-state index contributed by atoms with van der Waals surface area (Å²) in [6.07, 6.45) is 5.32. The highest BCUT2D eigenvalue weighted by Crippen LogP contribution is 2.17. The van der Waals surface area contributed by atoms with Gasteiger partial charge in [-0.25, -0.2) is 4.99 Å². The van der Waals surface area contributed by atoms with Crippen molar-refractivity contribution < 1.29 is 9.84 Å². The van der Waals surface area contributed by atoms with Crippen LogP contribution < -0.4 is 10.6 Å². The number of nitrogens with one attached hydrogen (secondary N) is 2. The van der Waals surface area contributed by atoms with E-state index in [1.54, 1.807) is 0 Å². The Labute approximate surface area is 194 Å². The molecule has 2 saturated heterocycles. The first kappa shape index (κ1) is 25.0. The van der Waals surface area contributed by atoms with Crippen molar-refractivity contribution in [3.63, 3.8) is 0 Å². The summed E-state index contributed by atoms with van der Waals surface area (Å²) in [5.74, 6) is 0.749. The molecule has 0 aromatic heterocycles. The molecule has 2 aliphatic heterocycles. The molecule has 7 heteroatoms. The lowest BCUT2D eigenvalue weighted by atomic mass is 10.1. The molecule has 2 fully saturated rings. The van der Waals surface area contributed by atoms with Crippen LogP contribution in [0.4, 0.5) is 0 Å². The Kier molecular flexibility index (Phi) is 10.2. The van der Waals surface area contributed by atoms with Crippen molar-refractivity contribution in [2.45, 2.75) is 58.2 Å². The highest BCUT2D eigenvalue weighted by molar-refractivity contribution is 5.79. The number of aliphatic imine (C=N–C) groups is 1. The Morgan fingerprint density at radius 1 is 1.00 bits per heavy atom. The summed E-state index contributed by atoms with van der Waals surface area (Å²) < 4.78 is 5.41. The lowest BCUT2D eigenvalue weighted by Gasteiger charge is -2.34. The molecule has 1 atom stereocenters. The molecule has 3 rings (SSSR count). The second-order valence-corrected chi connectivity index (χ2v) is 9.39. The predicted molar refractivity (Wildman–Crippen MR) is 131 cm³/mol. The van der Waals surface area contributed by atoms with Crippen molar-refractivity contribution in [3.05, 3.63) is 35.4 Å². The van der Waals surface area contributed by atoms with E-state index < -0.39 is 5.60 Å². The molecule has 0 bridgehead atoms. The van der Waals surface area contributed by atoms with Crippen LogP contribution in [0.5, 0.6) is 0 Å². The van der Waals surface area contributed by atoms with Gasteiger partial charge >= 0.3 is 0 Å². The molecule has 0 radical (unpaired) electrons. The van der Waals surface area contributed by atoms with Gasteiger partial charge < -0.3 is 20.5 Å². The van der Waals surface area contributed by atoms with Crippen molar-refractivity contribution >= 4 is 5.96 Å². The number of aliphatic hydroxyl groups is 1. The summed E-state index contributed by atoms with van der Waals surface area (Å²) in [5, 5.41) is 17.6. The molecule has 1 unspecified atom stereocenters. The maximum absolute atomic E-state index is 10.9. The zero-order valence-electron chi connectivity index (χ0n) is 20.1. The number of guanidine groups is 1. The zero-order chi connectivity index (χ0) is 22.7. The SMILES string of the molecule is CCNC(=NCc1ccccc1CN1CCCCCC1)NCC(C)(O)CN1CCOCC1. The van der Waals surface area contributed by atoms with E-state index in [0.29, 0.717) is 19.6 Å². The van der Waals surface area contributed by atoms with E-state index in [1.807, 2.05) is 6.92 Å². The van der Waals surface area contributed by atoms with Crippen LogP contribution in [0.2, 0.25) is 0 Å². The van der Waals surface area contributed by atoms with Crippen LogP contribution in [0.25, 0.3) is 0 Å².